The molecular weight excluding hydrogens is 152 g/mol. The molecule has 0 bridgehead atoms. The fraction of sp³-hybridized carbons (Fsp3) is 0.556. The van der Waals surface area contributed by atoms with Crippen LogP contribution in [0, 0.1) is 0 Å². The van der Waals surface area contributed by atoms with Gasteiger partial charge in [0.15, 0.2) is 0 Å². The predicted octanol–water partition coefficient (Wildman–Crippen LogP) is 2.00. The third-order valence-electron chi connectivity index (χ3n) is 1.59. The van der Waals surface area contributed by atoms with Crippen molar-refractivity contribution in [2.45, 2.75) is 26.7 Å². The molecule has 1 rings (SSSR count). The zero-order valence-electron chi connectivity index (χ0n) is 7.74. The number of nitrogens with zero attached hydrogens (tertiary/aromatic N) is 2. The summed E-state index contributed by atoms with van der Waals surface area (Å²) in [6.07, 6.45) is 3.62. The first-order valence-corrected chi connectivity index (χ1v) is 4.18. The molecule has 0 aliphatic carbocycles. The zero-order valence-corrected chi connectivity index (χ0v) is 7.74. The lowest BCUT2D eigenvalue weighted by Gasteiger charge is -2.04. The minimum Gasteiger partial charge on any atom is -0.464 e. The summed E-state index contributed by atoms with van der Waals surface area (Å²) in [5.74, 6) is 0.473. The highest BCUT2D eigenvalue weighted by Crippen LogP contribution is 2.12. The van der Waals surface area contributed by atoms with Crippen molar-refractivity contribution in [3.8, 4) is 6.01 Å². The molecule has 3 nitrogen and oxygen atoms in total. The molecule has 0 aromatic carbocycles. The van der Waals surface area contributed by atoms with Gasteiger partial charge < -0.3 is 4.74 Å². The molecule has 0 saturated heterocycles. The van der Waals surface area contributed by atoms with Gasteiger partial charge in [-0.05, 0) is 18.4 Å². The Morgan fingerprint density at radius 1 is 1.33 bits per heavy atom. The van der Waals surface area contributed by atoms with Crippen molar-refractivity contribution in [1.29, 1.82) is 0 Å². The highest BCUT2D eigenvalue weighted by molar-refractivity contribution is 5.11. The number of aromatic nitrogens is 2. The summed E-state index contributed by atoms with van der Waals surface area (Å²) in [6.45, 7) is 6.75. The second kappa shape index (κ2) is 4.04. The van der Waals surface area contributed by atoms with Crippen LogP contribution in [0.15, 0.2) is 12.4 Å². The molecule has 0 atom stereocenters. The maximum atomic E-state index is 5.12. The van der Waals surface area contributed by atoms with Crippen LogP contribution < -0.4 is 4.74 Å². The van der Waals surface area contributed by atoms with Crippen LogP contribution in [0.5, 0.6) is 6.01 Å². The van der Waals surface area contributed by atoms with Gasteiger partial charge in [0.1, 0.15) is 0 Å². The van der Waals surface area contributed by atoms with Crippen LogP contribution in [0.25, 0.3) is 0 Å². The molecule has 1 heterocycles. The van der Waals surface area contributed by atoms with Crippen LogP contribution in [0.1, 0.15) is 32.3 Å². The first-order chi connectivity index (χ1) is 5.74. The summed E-state index contributed by atoms with van der Waals surface area (Å²) < 4.78 is 5.12. The standard InChI is InChI=1S/C9H14N2O/c1-4-12-9-10-5-8(6-11-9)7(2)3/h5-7H,4H2,1-3H3. The Labute approximate surface area is 72.8 Å². The summed E-state index contributed by atoms with van der Waals surface area (Å²) >= 11 is 0. The van der Waals surface area contributed by atoms with Crippen molar-refractivity contribution in [3.63, 3.8) is 0 Å². The topological polar surface area (TPSA) is 35.0 Å². The van der Waals surface area contributed by atoms with Gasteiger partial charge in [-0.3, -0.25) is 0 Å². The van der Waals surface area contributed by atoms with E-state index < -0.39 is 0 Å². The van der Waals surface area contributed by atoms with Gasteiger partial charge in [-0.15, -0.1) is 0 Å². The molecule has 12 heavy (non-hydrogen) atoms. The molecule has 0 spiro atoms. The molecule has 0 saturated carbocycles. The molecule has 0 amide bonds. The normalized spacial score (nSPS) is 10.3. The monoisotopic (exact) mass is 166 g/mol. The first kappa shape index (κ1) is 8.97. The lowest BCUT2D eigenvalue weighted by molar-refractivity contribution is 0.312. The molecular formula is C9H14N2O. The summed E-state index contributed by atoms with van der Waals surface area (Å²) in [5.41, 5.74) is 1.14. The molecule has 1 aromatic heterocycles. The van der Waals surface area contributed by atoms with E-state index in [1.165, 1.54) is 0 Å². The van der Waals surface area contributed by atoms with Crippen molar-refractivity contribution >= 4 is 0 Å². The minimum absolute atomic E-state index is 0.460. The highest BCUT2D eigenvalue weighted by Gasteiger charge is 2.00. The number of rotatable bonds is 3. The average Bonchev–Trinajstić information content (AvgIpc) is 2.06. The quantitative estimate of drug-likeness (QED) is 0.688. The molecule has 0 fully saturated rings. The first-order valence-electron chi connectivity index (χ1n) is 4.18. The second-order valence-corrected chi connectivity index (χ2v) is 2.89. The Hall–Kier alpha value is -1.12. The Balaban J connectivity index is 2.71. The molecule has 0 N–H and O–H groups in total. The van der Waals surface area contributed by atoms with Crippen molar-refractivity contribution < 1.29 is 4.74 Å². The summed E-state index contributed by atoms with van der Waals surface area (Å²) in [5, 5.41) is 0. The largest absolute Gasteiger partial charge is 0.464 e. The van der Waals surface area contributed by atoms with Crippen LogP contribution in [-0.2, 0) is 0 Å². The predicted molar refractivity (Wildman–Crippen MR) is 47.3 cm³/mol. The molecule has 66 valence electrons. The zero-order chi connectivity index (χ0) is 8.97. The van der Waals surface area contributed by atoms with Crippen molar-refractivity contribution in [3.05, 3.63) is 18.0 Å². The van der Waals surface area contributed by atoms with E-state index in [9.17, 15) is 0 Å². The van der Waals surface area contributed by atoms with E-state index in [0.717, 1.165) is 5.56 Å². The minimum atomic E-state index is 0.460. The van der Waals surface area contributed by atoms with E-state index in [-0.39, 0.29) is 0 Å². The molecule has 0 unspecified atom stereocenters. The Morgan fingerprint density at radius 3 is 2.33 bits per heavy atom. The van der Waals surface area contributed by atoms with Crippen LogP contribution in [-0.4, -0.2) is 16.6 Å². The lowest BCUT2D eigenvalue weighted by atomic mass is 10.1. The highest BCUT2D eigenvalue weighted by atomic mass is 16.5. The molecule has 3 heteroatoms. The van der Waals surface area contributed by atoms with Crippen molar-refractivity contribution in [2.75, 3.05) is 6.61 Å². The number of hydrogen-bond donors (Lipinski definition) is 0. The third-order valence-corrected chi connectivity index (χ3v) is 1.59. The third kappa shape index (κ3) is 2.19. The van der Waals surface area contributed by atoms with Crippen LogP contribution >= 0.6 is 0 Å². The number of ether oxygens (including phenoxy) is 1. The van der Waals surface area contributed by atoms with E-state index in [1.807, 2.05) is 19.3 Å². The van der Waals surface area contributed by atoms with Gasteiger partial charge in [0, 0.05) is 12.4 Å². The number of hydrogen-bond acceptors (Lipinski definition) is 3. The van der Waals surface area contributed by atoms with Crippen LogP contribution in [0.4, 0.5) is 0 Å². The summed E-state index contributed by atoms with van der Waals surface area (Å²) in [7, 11) is 0. The van der Waals surface area contributed by atoms with Gasteiger partial charge in [0.2, 0.25) is 0 Å². The second-order valence-electron chi connectivity index (χ2n) is 2.89. The van der Waals surface area contributed by atoms with Crippen LogP contribution in [0.2, 0.25) is 0 Å². The lowest BCUT2D eigenvalue weighted by Crippen LogP contribution is -1.98. The van der Waals surface area contributed by atoms with Gasteiger partial charge in [-0.25, -0.2) is 9.97 Å². The maximum absolute atomic E-state index is 5.12. The van der Waals surface area contributed by atoms with Gasteiger partial charge >= 0.3 is 6.01 Å². The van der Waals surface area contributed by atoms with Crippen molar-refractivity contribution in [2.24, 2.45) is 0 Å². The molecule has 0 aliphatic rings. The van der Waals surface area contributed by atoms with Gasteiger partial charge in [0.05, 0.1) is 6.61 Å². The maximum Gasteiger partial charge on any atom is 0.316 e. The summed E-state index contributed by atoms with van der Waals surface area (Å²) in [6, 6.07) is 0.460. The fourth-order valence-corrected chi connectivity index (χ4v) is 0.828. The Morgan fingerprint density at radius 2 is 1.92 bits per heavy atom. The fourth-order valence-electron chi connectivity index (χ4n) is 0.828. The van der Waals surface area contributed by atoms with Gasteiger partial charge in [0.25, 0.3) is 0 Å². The van der Waals surface area contributed by atoms with E-state index >= 15 is 0 Å². The molecule has 1 aromatic rings. The smallest absolute Gasteiger partial charge is 0.316 e. The van der Waals surface area contributed by atoms with Gasteiger partial charge in [-0.2, -0.15) is 0 Å². The Bertz CT molecular complexity index is 231. The van der Waals surface area contributed by atoms with E-state index in [1.54, 1.807) is 0 Å². The molecule has 0 aliphatic heterocycles. The van der Waals surface area contributed by atoms with Crippen LogP contribution in [0.3, 0.4) is 0 Å². The Kier molecular flexibility index (Phi) is 3.02. The molecule has 0 radical (unpaired) electrons. The van der Waals surface area contributed by atoms with Crippen molar-refractivity contribution in [1.82, 2.24) is 9.97 Å². The van der Waals surface area contributed by atoms with E-state index in [0.29, 0.717) is 18.5 Å². The summed E-state index contributed by atoms with van der Waals surface area (Å²) in [4.78, 5) is 8.11. The van der Waals surface area contributed by atoms with E-state index in [4.69, 9.17) is 4.74 Å². The average molecular weight is 166 g/mol. The SMILES string of the molecule is CCOc1ncc(C(C)C)cn1. The van der Waals surface area contributed by atoms with Gasteiger partial charge in [-0.1, -0.05) is 13.8 Å². The van der Waals surface area contributed by atoms with E-state index in [2.05, 4.69) is 23.8 Å².